The molecule has 2 atom stereocenters. The van der Waals surface area contributed by atoms with E-state index in [1.165, 1.54) is 0 Å². The van der Waals surface area contributed by atoms with Crippen LogP contribution in [0.2, 0.25) is 0 Å². The van der Waals surface area contributed by atoms with Gasteiger partial charge in [-0.3, -0.25) is 0 Å². The first-order valence-corrected chi connectivity index (χ1v) is 4.56. The molecule has 0 aromatic carbocycles. The van der Waals surface area contributed by atoms with Crippen molar-refractivity contribution in [3.8, 4) is 0 Å². The summed E-state index contributed by atoms with van der Waals surface area (Å²) in [5.41, 5.74) is 0. The largest absolute Gasteiger partial charge is 0.393 e. The zero-order chi connectivity index (χ0) is 8.69. The molecule has 0 aliphatic heterocycles. The van der Waals surface area contributed by atoms with E-state index in [4.69, 9.17) is 0 Å². The zero-order valence-corrected chi connectivity index (χ0v) is 9.97. The summed E-state index contributed by atoms with van der Waals surface area (Å²) in [6.07, 6.45) is 3.52. The zero-order valence-electron chi connectivity index (χ0n) is 8.16. The van der Waals surface area contributed by atoms with Gasteiger partial charge in [0, 0.05) is 25.8 Å². The molecule has 0 aliphatic carbocycles. The number of hydrogen-bond donors (Lipinski definition) is 2. The molecule has 0 spiro atoms. The van der Waals surface area contributed by atoms with E-state index >= 15 is 0 Å². The first-order chi connectivity index (χ1) is 5.20. The van der Waals surface area contributed by atoms with Crippen LogP contribution in [0, 0.1) is 0 Å². The molecular weight excluding hydrogens is 185 g/mol. The van der Waals surface area contributed by atoms with E-state index < -0.39 is 0 Å². The Kier molecular flexibility index (Phi) is 12.6. The van der Waals surface area contributed by atoms with Gasteiger partial charge in [-0.25, -0.2) is 0 Å². The fourth-order valence-corrected chi connectivity index (χ4v) is 1.22. The molecule has 3 heteroatoms. The van der Waals surface area contributed by atoms with Crippen LogP contribution in [0.1, 0.15) is 46.0 Å². The fourth-order valence-electron chi connectivity index (χ4n) is 1.22. The maximum Gasteiger partial charge on any atom is 0.0564 e. The Morgan fingerprint density at radius 3 is 1.50 bits per heavy atom. The van der Waals surface area contributed by atoms with Crippen molar-refractivity contribution >= 4 is 0 Å². The van der Waals surface area contributed by atoms with Gasteiger partial charge in [0.05, 0.1) is 12.2 Å². The maximum absolute atomic E-state index is 9.29. The van der Waals surface area contributed by atoms with Crippen LogP contribution in [-0.2, 0) is 25.8 Å². The molecule has 0 saturated carbocycles. The van der Waals surface area contributed by atoms with Crippen LogP contribution in [0.3, 0.4) is 0 Å². The van der Waals surface area contributed by atoms with Crippen molar-refractivity contribution in [2.75, 3.05) is 0 Å². The smallest absolute Gasteiger partial charge is 0.0564 e. The van der Waals surface area contributed by atoms with Gasteiger partial charge >= 0.3 is 0 Å². The van der Waals surface area contributed by atoms with Crippen molar-refractivity contribution in [3.63, 3.8) is 0 Å². The predicted molar refractivity (Wildman–Crippen MR) is 46.4 cm³/mol. The summed E-state index contributed by atoms with van der Waals surface area (Å²) < 4.78 is 0. The van der Waals surface area contributed by atoms with Gasteiger partial charge in [-0.05, 0) is 19.3 Å². The molecular formula is C9H20O2Sc. The van der Waals surface area contributed by atoms with Crippen molar-refractivity contribution < 1.29 is 36.1 Å². The molecule has 0 bridgehead atoms. The van der Waals surface area contributed by atoms with Gasteiger partial charge in [0.15, 0.2) is 0 Å². The number of rotatable bonds is 6. The second kappa shape index (κ2) is 9.87. The van der Waals surface area contributed by atoms with E-state index in [-0.39, 0.29) is 38.1 Å². The van der Waals surface area contributed by atoms with Crippen LogP contribution in [0.15, 0.2) is 0 Å². The molecule has 0 amide bonds. The summed E-state index contributed by atoms with van der Waals surface area (Å²) in [5, 5.41) is 18.6. The maximum atomic E-state index is 9.29. The van der Waals surface area contributed by atoms with Crippen molar-refractivity contribution in [1.82, 2.24) is 0 Å². The summed E-state index contributed by atoms with van der Waals surface area (Å²) in [6, 6.07) is 0. The molecule has 1 radical (unpaired) electrons. The van der Waals surface area contributed by atoms with Crippen LogP contribution in [0.25, 0.3) is 0 Å². The minimum absolute atomic E-state index is 0. The summed E-state index contributed by atoms with van der Waals surface area (Å²) in [6.45, 7) is 4.07. The second-order valence-corrected chi connectivity index (χ2v) is 3.12. The van der Waals surface area contributed by atoms with Gasteiger partial charge in [0.2, 0.25) is 0 Å². The minimum atomic E-state index is -0.304. The Labute approximate surface area is 94.2 Å². The summed E-state index contributed by atoms with van der Waals surface area (Å²) in [7, 11) is 0. The Bertz CT molecular complexity index is 78.6. The van der Waals surface area contributed by atoms with Crippen LogP contribution in [0.4, 0.5) is 0 Å². The molecule has 0 fully saturated rings. The standard InChI is InChI=1S/C9H20O2.Sc/c1-3-5-8(10)7-9(11)6-4-2;/h8-11H,3-7H2,1-2H3;. The molecule has 2 N–H and O–H groups in total. The third-order valence-corrected chi connectivity index (χ3v) is 1.79. The molecule has 0 aliphatic rings. The summed E-state index contributed by atoms with van der Waals surface area (Å²) in [5.74, 6) is 0. The van der Waals surface area contributed by atoms with Crippen molar-refractivity contribution in [2.24, 2.45) is 0 Å². The van der Waals surface area contributed by atoms with E-state index in [0.29, 0.717) is 6.42 Å². The second-order valence-electron chi connectivity index (χ2n) is 3.12. The van der Waals surface area contributed by atoms with Gasteiger partial charge in [0.1, 0.15) is 0 Å². The number of aliphatic hydroxyl groups excluding tert-OH is 2. The van der Waals surface area contributed by atoms with Gasteiger partial charge in [-0.15, -0.1) is 0 Å². The summed E-state index contributed by atoms with van der Waals surface area (Å²) in [4.78, 5) is 0. The molecule has 0 rings (SSSR count). The van der Waals surface area contributed by atoms with E-state index in [1.807, 2.05) is 13.8 Å². The number of aliphatic hydroxyl groups is 2. The van der Waals surface area contributed by atoms with Crippen molar-refractivity contribution in [3.05, 3.63) is 0 Å². The molecule has 0 heterocycles. The van der Waals surface area contributed by atoms with Gasteiger partial charge in [-0.1, -0.05) is 26.7 Å². The first kappa shape index (κ1) is 15.3. The molecule has 0 aromatic rings. The normalized spacial score (nSPS) is 15.0. The minimum Gasteiger partial charge on any atom is -0.393 e. The van der Waals surface area contributed by atoms with E-state index in [9.17, 15) is 10.2 Å². The van der Waals surface area contributed by atoms with Gasteiger partial charge < -0.3 is 10.2 Å². The SMILES string of the molecule is CCCC(O)CC(O)CCC.[Sc]. The fraction of sp³-hybridized carbons (Fsp3) is 1.00. The summed E-state index contributed by atoms with van der Waals surface area (Å²) >= 11 is 0. The molecule has 71 valence electrons. The van der Waals surface area contributed by atoms with Crippen LogP contribution < -0.4 is 0 Å². The van der Waals surface area contributed by atoms with Gasteiger partial charge in [0.25, 0.3) is 0 Å². The van der Waals surface area contributed by atoms with E-state index in [0.717, 1.165) is 25.7 Å². The topological polar surface area (TPSA) is 40.5 Å². The molecule has 0 aromatic heterocycles. The average molecular weight is 205 g/mol. The predicted octanol–water partition coefficient (Wildman–Crippen LogP) is 1.70. The molecule has 12 heavy (non-hydrogen) atoms. The quantitative estimate of drug-likeness (QED) is 0.692. The Balaban J connectivity index is 0. The molecule has 2 unspecified atom stereocenters. The Morgan fingerprint density at radius 1 is 0.917 bits per heavy atom. The monoisotopic (exact) mass is 205 g/mol. The number of hydrogen-bond acceptors (Lipinski definition) is 2. The van der Waals surface area contributed by atoms with Crippen molar-refractivity contribution in [2.45, 2.75) is 58.2 Å². The van der Waals surface area contributed by atoms with Crippen LogP contribution in [-0.4, -0.2) is 22.4 Å². The van der Waals surface area contributed by atoms with Crippen LogP contribution in [0.5, 0.6) is 0 Å². The van der Waals surface area contributed by atoms with E-state index in [1.54, 1.807) is 0 Å². The van der Waals surface area contributed by atoms with Crippen molar-refractivity contribution in [1.29, 1.82) is 0 Å². The average Bonchev–Trinajstić information content (AvgIpc) is 1.87. The molecule has 2 nitrogen and oxygen atoms in total. The molecule has 0 saturated heterocycles. The van der Waals surface area contributed by atoms with Gasteiger partial charge in [-0.2, -0.15) is 0 Å². The third-order valence-electron chi connectivity index (χ3n) is 1.79. The Hall–Kier alpha value is 0.790. The van der Waals surface area contributed by atoms with Crippen LogP contribution >= 0.6 is 0 Å². The Morgan fingerprint density at radius 2 is 1.25 bits per heavy atom. The third kappa shape index (κ3) is 8.88. The van der Waals surface area contributed by atoms with E-state index in [2.05, 4.69) is 0 Å². The first-order valence-electron chi connectivity index (χ1n) is 4.56.